The summed E-state index contributed by atoms with van der Waals surface area (Å²) in [7, 11) is 1.46. The van der Waals surface area contributed by atoms with E-state index in [1.54, 1.807) is 30.3 Å². The number of ketones is 1. The van der Waals surface area contributed by atoms with Crippen LogP contribution in [0.4, 0.5) is 5.69 Å². The summed E-state index contributed by atoms with van der Waals surface area (Å²) < 4.78 is 10.3. The molecule has 1 N–H and O–H groups in total. The van der Waals surface area contributed by atoms with Crippen LogP contribution in [0.1, 0.15) is 31.8 Å². The smallest absolute Gasteiger partial charge is 0.342 e. The second kappa shape index (κ2) is 6.76. The first-order chi connectivity index (χ1) is 12.0. The van der Waals surface area contributed by atoms with Gasteiger partial charge in [0.15, 0.2) is 12.4 Å². The molecule has 1 aliphatic rings. The zero-order valence-electron chi connectivity index (χ0n) is 13.9. The zero-order valence-corrected chi connectivity index (χ0v) is 13.9. The molecule has 128 valence electrons. The Balaban J connectivity index is 1.69. The van der Waals surface area contributed by atoms with Gasteiger partial charge in [-0.05, 0) is 42.8 Å². The average Bonchev–Trinajstić information content (AvgIpc) is 2.98. The van der Waals surface area contributed by atoms with E-state index < -0.39 is 5.97 Å². The van der Waals surface area contributed by atoms with Gasteiger partial charge in [0, 0.05) is 11.3 Å². The van der Waals surface area contributed by atoms with Crippen molar-refractivity contribution < 1.29 is 23.9 Å². The molecule has 0 atom stereocenters. The molecule has 0 fully saturated rings. The number of anilines is 1. The first-order valence-electron chi connectivity index (χ1n) is 7.75. The Morgan fingerprint density at radius 3 is 2.72 bits per heavy atom. The van der Waals surface area contributed by atoms with Crippen LogP contribution in [0.15, 0.2) is 36.4 Å². The van der Waals surface area contributed by atoms with E-state index in [2.05, 4.69) is 5.32 Å². The van der Waals surface area contributed by atoms with Gasteiger partial charge in [0.1, 0.15) is 11.3 Å². The molecular formula is C19H17NO5. The predicted molar refractivity (Wildman–Crippen MR) is 91.1 cm³/mol. The maximum Gasteiger partial charge on any atom is 0.342 e. The van der Waals surface area contributed by atoms with Crippen LogP contribution in [0.2, 0.25) is 0 Å². The minimum absolute atomic E-state index is 0.0995. The molecule has 0 aromatic heterocycles. The third-order valence-corrected chi connectivity index (χ3v) is 3.96. The first-order valence-corrected chi connectivity index (χ1v) is 7.75. The van der Waals surface area contributed by atoms with Crippen molar-refractivity contribution >= 4 is 23.3 Å². The zero-order chi connectivity index (χ0) is 18.0. The van der Waals surface area contributed by atoms with E-state index in [0.29, 0.717) is 17.0 Å². The number of fused-ring (bicyclic) bond motifs is 1. The Labute approximate surface area is 144 Å². The van der Waals surface area contributed by atoms with Gasteiger partial charge < -0.3 is 14.8 Å². The summed E-state index contributed by atoms with van der Waals surface area (Å²) in [5.41, 5.74) is 3.04. The molecule has 0 spiro atoms. The number of carbonyl (C=O) groups is 3. The average molecular weight is 339 g/mol. The van der Waals surface area contributed by atoms with Crippen molar-refractivity contribution in [1.82, 2.24) is 0 Å². The van der Waals surface area contributed by atoms with Crippen LogP contribution in [-0.2, 0) is 16.0 Å². The van der Waals surface area contributed by atoms with E-state index in [0.717, 1.165) is 11.1 Å². The number of hydrogen-bond acceptors (Lipinski definition) is 5. The van der Waals surface area contributed by atoms with Gasteiger partial charge in [0.25, 0.3) is 0 Å². The molecular weight excluding hydrogens is 322 g/mol. The van der Waals surface area contributed by atoms with Crippen LogP contribution in [0.5, 0.6) is 5.75 Å². The molecule has 0 saturated carbocycles. The highest BCUT2D eigenvalue weighted by molar-refractivity contribution is 6.03. The van der Waals surface area contributed by atoms with Gasteiger partial charge in [0.2, 0.25) is 5.91 Å². The Kier molecular flexibility index (Phi) is 4.52. The van der Waals surface area contributed by atoms with Crippen LogP contribution in [-0.4, -0.2) is 31.4 Å². The molecule has 6 heteroatoms. The maximum atomic E-state index is 12.3. The van der Waals surface area contributed by atoms with Gasteiger partial charge >= 0.3 is 5.97 Å². The molecule has 0 saturated heterocycles. The van der Waals surface area contributed by atoms with E-state index >= 15 is 0 Å². The summed E-state index contributed by atoms with van der Waals surface area (Å²) >= 11 is 0. The third kappa shape index (κ3) is 3.52. The number of methoxy groups -OCH3 is 1. The number of benzene rings is 2. The Morgan fingerprint density at radius 1 is 1.16 bits per heavy atom. The SMILES string of the molecule is COc1ccc(C)cc1C(=O)OCC(=O)c1ccc2c(c1)CC(=O)N2. The molecule has 2 aromatic carbocycles. The number of Topliss-reactive ketones (excluding diaryl/α,β-unsaturated/α-hetero) is 1. The quantitative estimate of drug-likeness (QED) is 0.669. The summed E-state index contributed by atoms with van der Waals surface area (Å²) in [6, 6.07) is 10.1. The second-order valence-electron chi connectivity index (χ2n) is 5.80. The minimum Gasteiger partial charge on any atom is -0.496 e. The lowest BCUT2D eigenvalue weighted by molar-refractivity contribution is -0.115. The summed E-state index contributed by atoms with van der Waals surface area (Å²) in [5.74, 6) is -0.656. The van der Waals surface area contributed by atoms with Gasteiger partial charge in [-0.3, -0.25) is 9.59 Å². The molecule has 1 amide bonds. The van der Waals surface area contributed by atoms with Crippen LogP contribution >= 0.6 is 0 Å². The summed E-state index contributed by atoms with van der Waals surface area (Å²) in [6.45, 7) is 1.47. The molecule has 1 aliphatic heterocycles. The summed E-state index contributed by atoms with van der Waals surface area (Å²) in [4.78, 5) is 35.9. The van der Waals surface area contributed by atoms with Gasteiger partial charge in [-0.2, -0.15) is 0 Å². The van der Waals surface area contributed by atoms with Crippen molar-refractivity contribution in [3.05, 3.63) is 58.7 Å². The molecule has 0 aliphatic carbocycles. The van der Waals surface area contributed by atoms with Gasteiger partial charge in [-0.1, -0.05) is 11.6 Å². The molecule has 1 heterocycles. The largest absolute Gasteiger partial charge is 0.496 e. The van der Waals surface area contributed by atoms with Crippen LogP contribution < -0.4 is 10.1 Å². The summed E-state index contributed by atoms with van der Waals surface area (Å²) in [5, 5.41) is 2.70. The van der Waals surface area contributed by atoms with Crippen molar-refractivity contribution in [2.45, 2.75) is 13.3 Å². The topological polar surface area (TPSA) is 81.7 Å². The van der Waals surface area contributed by atoms with Crippen LogP contribution in [0.25, 0.3) is 0 Å². The fourth-order valence-corrected chi connectivity index (χ4v) is 2.68. The maximum absolute atomic E-state index is 12.3. The standard InChI is InChI=1S/C19H17NO5/c1-11-3-6-17(24-2)14(7-11)19(23)25-10-16(21)12-4-5-15-13(8-12)9-18(22)20-15/h3-8H,9-10H2,1-2H3,(H,20,22). The van der Waals surface area contributed by atoms with E-state index in [4.69, 9.17) is 9.47 Å². The first kappa shape index (κ1) is 16.7. The molecule has 0 bridgehead atoms. The molecule has 2 aromatic rings. The number of rotatable bonds is 5. The number of ether oxygens (including phenoxy) is 2. The lowest BCUT2D eigenvalue weighted by Gasteiger charge is -2.09. The van der Waals surface area contributed by atoms with Crippen LogP contribution in [0, 0.1) is 6.92 Å². The van der Waals surface area contributed by atoms with Crippen molar-refractivity contribution in [2.75, 3.05) is 19.0 Å². The van der Waals surface area contributed by atoms with Gasteiger partial charge in [0.05, 0.1) is 13.5 Å². The van der Waals surface area contributed by atoms with Crippen LogP contribution in [0.3, 0.4) is 0 Å². The lowest BCUT2D eigenvalue weighted by Crippen LogP contribution is -2.15. The number of amides is 1. The van der Waals surface area contributed by atoms with Crippen molar-refractivity contribution in [2.24, 2.45) is 0 Å². The van der Waals surface area contributed by atoms with Crippen molar-refractivity contribution in [1.29, 1.82) is 0 Å². The van der Waals surface area contributed by atoms with Crippen molar-refractivity contribution in [3.8, 4) is 5.75 Å². The van der Waals surface area contributed by atoms with Gasteiger partial charge in [-0.15, -0.1) is 0 Å². The molecule has 3 rings (SSSR count). The molecule has 0 radical (unpaired) electrons. The number of esters is 1. The molecule has 25 heavy (non-hydrogen) atoms. The van der Waals surface area contributed by atoms with E-state index in [1.165, 1.54) is 7.11 Å². The Hall–Kier alpha value is -3.15. The molecule has 6 nitrogen and oxygen atoms in total. The highest BCUT2D eigenvalue weighted by Gasteiger charge is 2.20. The summed E-state index contributed by atoms with van der Waals surface area (Å²) in [6.07, 6.45) is 0.247. The predicted octanol–water partition coefficient (Wildman–Crippen LogP) is 2.54. The lowest BCUT2D eigenvalue weighted by atomic mass is 10.1. The number of aryl methyl sites for hydroxylation is 1. The minimum atomic E-state index is -0.619. The van der Waals surface area contributed by atoms with E-state index in [9.17, 15) is 14.4 Å². The Bertz CT molecular complexity index is 872. The highest BCUT2D eigenvalue weighted by atomic mass is 16.5. The van der Waals surface area contributed by atoms with E-state index in [-0.39, 0.29) is 30.3 Å². The number of nitrogens with one attached hydrogen (secondary N) is 1. The van der Waals surface area contributed by atoms with Crippen molar-refractivity contribution in [3.63, 3.8) is 0 Å². The Morgan fingerprint density at radius 2 is 1.96 bits per heavy atom. The second-order valence-corrected chi connectivity index (χ2v) is 5.80. The third-order valence-electron chi connectivity index (χ3n) is 3.96. The monoisotopic (exact) mass is 339 g/mol. The number of hydrogen-bond donors (Lipinski definition) is 1. The van der Waals surface area contributed by atoms with E-state index in [1.807, 2.05) is 13.0 Å². The fraction of sp³-hybridized carbons (Fsp3) is 0.211. The normalized spacial score (nSPS) is 12.3. The van der Waals surface area contributed by atoms with Gasteiger partial charge in [-0.25, -0.2) is 4.79 Å². The highest BCUT2D eigenvalue weighted by Crippen LogP contribution is 2.24. The fourth-order valence-electron chi connectivity index (χ4n) is 2.68. The number of carbonyl (C=O) groups excluding carboxylic acids is 3. The molecule has 0 unspecified atom stereocenters.